The fourth-order valence-electron chi connectivity index (χ4n) is 1.35. The van der Waals surface area contributed by atoms with Crippen molar-refractivity contribution in [3.8, 4) is 0 Å². The lowest BCUT2D eigenvalue weighted by Gasteiger charge is -2.22. The molecule has 0 spiro atoms. The standard InChI is InChI=1S/C9H13NO3/c1-6(9(11)12)8(10)7-2-4-13-5-3-7/h7,10H,1-5H2,(H,11,12). The van der Waals surface area contributed by atoms with E-state index in [0.717, 1.165) is 12.8 Å². The Morgan fingerprint density at radius 3 is 2.46 bits per heavy atom. The number of ether oxygens (including phenoxy) is 1. The number of rotatable bonds is 3. The minimum Gasteiger partial charge on any atom is -0.478 e. The van der Waals surface area contributed by atoms with Crippen molar-refractivity contribution in [2.75, 3.05) is 13.2 Å². The molecule has 0 unspecified atom stereocenters. The Morgan fingerprint density at radius 2 is 2.00 bits per heavy atom. The summed E-state index contributed by atoms with van der Waals surface area (Å²) in [4.78, 5) is 10.5. The molecule has 13 heavy (non-hydrogen) atoms. The highest BCUT2D eigenvalue weighted by Crippen LogP contribution is 2.18. The zero-order chi connectivity index (χ0) is 9.84. The molecule has 2 N–H and O–H groups in total. The average Bonchev–Trinajstić information content (AvgIpc) is 2.17. The van der Waals surface area contributed by atoms with Crippen LogP contribution in [0, 0.1) is 11.3 Å². The van der Waals surface area contributed by atoms with Crippen molar-refractivity contribution in [1.82, 2.24) is 0 Å². The van der Waals surface area contributed by atoms with Crippen molar-refractivity contribution in [3.63, 3.8) is 0 Å². The van der Waals surface area contributed by atoms with Gasteiger partial charge in [-0.15, -0.1) is 0 Å². The van der Waals surface area contributed by atoms with Crippen LogP contribution >= 0.6 is 0 Å². The summed E-state index contributed by atoms with van der Waals surface area (Å²) >= 11 is 0. The van der Waals surface area contributed by atoms with Crippen molar-refractivity contribution in [2.45, 2.75) is 12.8 Å². The highest BCUT2D eigenvalue weighted by Gasteiger charge is 2.22. The monoisotopic (exact) mass is 183 g/mol. The Morgan fingerprint density at radius 1 is 1.46 bits per heavy atom. The summed E-state index contributed by atoms with van der Waals surface area (Å²) in [6.45, 7) is 4.59. The molecule has 4 nitrogen and oxygen atoms in total. The maximum absolute atomic E-state index is 10.5. The normalized spacial score (nSPS) is 18.2. The van der Waals surface area contributed by atoms with E-state index in [-0.39, 0.29) is 17.2 Å². The van der Waals surface area contributed by atoms with Gasteiger partial charge >= 0.3 is 5.97 Å². The van der Waals surface area contributed by atoms with Crippen LogP contribution in [0.4, 0.5) is 0 Å². The molecule has 0 aromatic carbocycles. The first-order valence-electron chi connectivity index (χ1n) is 4.21. The Balaban J connectivity index is 2.55. The molecule has 0 atom stereocenters. The van der Waals surface area contributed by atoms with Gasteiger partial charge in [-0.3, -0.25) is 0 Å². The molecule has 1 saturated heterocycles. The Kier molecular flexibility index (Phi) is 3.19. The predicted molar refractivity (Wildman–Crippen MR) is 48.0 cm³/mol. The lowest BCUT2D eigenvalue weighted by atomic mass is 9.91. The van der Waals surface area contributed by atoms with Crippen LogP contribution in [0.25, 0.3) is 0 Å². The summed E-state index contributed by atoms with van der Waals surface area (Å²) in [6.07, 6.45) is 1.45. The quantitative estimate of drug-likeness (QED) is 0.508. The Hall–Kier alpha value is -1.16. The molecule has 1 aliphatic rings. The Labute approximate surface area is 76.7 Å². The van der Waals surface area contributed by atoms with Gasteiger partial charge in [0.1, 0.15) is 0 Å². The van der Waals surface area contributed by atoms with Gasteiger partial charge in [0.25, 0.3) is 0 Å². The summed E-state index contributed by atoms with van der Waals surface area (Å²) in [5.74, 6) is -1.09. The molecule has 4 heteroatoms. The van der Waals surface area contributed by atoms with Crippen LogP contribution in [-0.4, -0.2) is 30.0 Å². The number of carboxylic acids is 1. The smallest absolute Gasteiger partial charge is 0.336 e. The van der Waals surface area contributed by atoms with Gasteiger partial charge in [-0.2, -0.15) is 0 Å². The highest BCUT2D eigenvalue weighted by molar-refractivity contribution is 6.18. The lowest BCUT2D eigenvalue weighted by Crippen LogP contribution is -2.26. The predicted octanol–water partition coefficient (Wildman–Crippen LogP) is 1.07. The van der Waals surface area contributed by atoms with Crippen LogP contribution < -0.4 is 0 Å². The van der Waals surface area contributed by atoms with Gasteiger partial charge in [-0.1, -0.05) is 6.58 Å². The number of aliphatic carboxylic acids is 1. The second-order valence-corrected chi connectivity index (χ2v) is 3.08. The summed E-state index contributed by atoms with van der Waals surface area (Å²) in [5.41, 5.74) is 0.0581. The van der Waals surface area contributed by atoms with Gasteiger partial charge < -0.3 is 15.3 Å². The SMILES string of the molecule is C=C(C(=N)C1CCOCC1)C(=O)O. The molecule has 0 aromatic rings. The highest BCUT2D eigenvalue weighted by atomic mass is 16.5. The molecular formula is C9H13NO3. The minimum atomic E-state index is -1.10. The van der Waals surface area contributed by atoms with Gasteiger partial charge in [0.2, 0.25) is 0 Å². The fourth-order valence-corrected chi connectivity index (χ4v) is 1.35. The second-order valence-electron chi connectivity index (χ2n) is 3.08. The maximum Gasteiger partial charge on any atom is 0.336 e. The number of nitrogens with one attached hydrogen (secondary N) is 1. The van der Waals surface area contributed by atoms with E-state index < -0.39 is 5.97 Å². The first-order chi connectivity index (χ1) is 6.13. The lowest BCUT2D eigenvalue weighted by molar-refractivity contribution is -0.132. The van der Waals surface area contributed by atoms with E-state index >= 15 is 0 Å². The van der Waals surface area contributed by atoms with E-state index in [4.69, 9.17) is 15.3 Å². The largest absolute Gasteiger partial charge is 0.478 e. The van der Waals surface area contributed by atoms with Gasteiger partial charge in [0.15, 0.2) is 0 Å². The van der Waals surface area contributed by atoms with Crippen LogP contribution in [-0.2, 0) is 9.53 Å². The fraction of sp³-hybridized carbons (Fsp3) is 0.556. The first kappa shape index (κ1) is 9.92. The van der Waals surface area contributed by atoms with Gasteiger partial charge in [0.05, 0.1) is 5.57 Å². The summed E-state index contributed by atoms with van der Waals surface area (Å²) in [5, 5.41) is 16.2. The minimum absolute atomic E-state index is 0.0114. The van der Waals surface area contributed by atoms with Crippen LogP contribution in [0.3, 0.4) is 0 Å². The molecule has 0 aliphatic carbocycles. The molecule has 0 amide bonds. The van der Waals surface area contributed by atoms with E-state index in [1.54, 1.807) is 0 Å². The summed E-state index contributed by atoms with van der Waals surface area (Å²) in [7, 11) is 0. The third kappa shape index (κ3) is 2.39. The first-order valence-corrected chi connectivity index (χ1v) is 4.21. The second kappa shape index (κ2) is 4.18. The average molecular weight is 183 g/mol. The van der Waals surface area contributed by atoms with Crippen molar-refractivity contribution in [1.29, 1.82) is 5.41 Å². The molecule has 0 bridgehead atoms. The molecule has 0 radical (unpaired) electrons. The summed E-state index contributed by atoms with van der Waals surface area (Å²) < 4.78 is 5.12. The number of hydrogen-bond acceptors (Lipinski definition) is 3. The van der Waals surface area contributed by atoms with E-state index in [2.05, 4.69) is 6.58 Å². The van der Waals surface area contributed by atoms with Crippen molar-refractivity contribution >= 4 is 11.7 Å². The van der Waals surface area contributed by atoms with E-state index in [1.165, 1.54) is 0 Å². The summed E-state index contributed by atoms with van der Waals surface area (Å²) in [6, 6.07) is 0. The Bertz CT molecular complexity index is 241. The topological polar surface area (TPSA) is 70.4 Å². The molecule has 1 fully saturated rings. The van der Waals surface area contributed by atoms with Crippen molar-refractivity contribution in [3.05, 3.63) is 12.2 Å². The maximum atomic E-state index is 10.5. The molecule has 1 aliphatic heterocycles. The van der Waals surface area contributed by atoms with Gasteiger partial charge in [0, 0.05) is 24.8 Å². The van der Waals surface area contributed by atoms with E-state index in [1.807, 2.05) is 0 Å². The third-order valence-corrected chi connectivity index (χ3v) is 2.21. The van der Waals surface area contributed by atoms with Gasteiger partial charge in [-0.25, -0.2) is 4.79 Å². The van der Waals surface area contributed by atoms with E-state index in [0.29, 0.717) is 13.2 Å². The molecular weight excluding hydrogens is 170 g/mol. The molecule has 0 aromatic heterocycles. The third-order valence-electron chi connectivity index (χ3n) is 2.21. The molecule has 0 saturated carbocycles. The molecule has 1 rings (SSSR count). The number of carbonyl (C=O) groups is 1. The van der Waals surface area contributed by atoms with Crippen LogP contribution in [0.1, 0.15) is 12.8 Å². The van der Waals surface area contributed by atoms with Crippen molar-refractivity contribution < 1.29 is 14.6 Å². The zero-order valence-corrected chi connectivity index (χ0v) is 7.38. The van der Waals surface area contributed by atoms with Crippen LogP contribution in [0.15, 0.2) is 12.2 Å². The van der Waals surface area contributed by atoms with Crippen LogP contribution in [0.5, 0.6) is 0 Å². The number of carboxylic acid groups (broad SMARTS) is 1. The molecule has 72 valence electrons. The van der Waals surface area contributed by atoms with Crippen LogP contribution in [0.2, 0.25) is 0 Å². The van der Waals surface area contributed by atoms with Crippen molar-refractivity contribution in [2.24, 2.45) is 5.92 Å². The molecule has 1 heterocycles. The number of hydrogen-bond donors (Lipinski definition) is 2. The van der Waals surface area contributed by atoms with Gasteiger partial charge in [-0.05, 0) is 12.8 Å². The zero-order valence-electron chi connectivity index (χ0n) is 7.38. The van der Waals surface area contributed by atoms with E-state index in [9.17, 15) is 4.79 Å².